The number of carbonyl (C=O) groups excluding carboxylic acids is 2. The van der Waals surface area contributed by atoms with Crippen LogP contribution in [0.25, 0.3) is 0 Å². The number of likely N-dealkylation sites (N-methyl/N-ethyl adjacent to an activating group) is 2. The fourth-order valence-electron chi connectivity index (χ4n) is 8.57. The number of carbonyl (C=O) groups is 2. The molecule has 1 N–H and O–H groups in total. The number of methoxy groups -OCH3 is 2. The Balaban J connectivity index is 1.16. The molecule has 0 saturated carbocycles. The Morgan fingerprint density at radius 2 is 1.39 bits per heavy atom. The van der Waals surface area contributed by atoms with Gasteiger partial charge in [0.2, 0.25) is 5.75 Å². The van der Waals surface area contributed by atoms with Gasteiger partial charge in [-0.1, -0.05) is 30.3 Å². The van der Waals surface area contributed by atoms with Gasteiger partial charge in [0, 0.05) is 30.7 Å². The smallest absolute Gasteiger partial charge is 0.264 e. The zero-order chi connectivity index (χ0) is 38.7. The molecule has 2 atom stereocenters. The molecule has 5 aromatic carbocycles. The fourth-order valence-corrected chi connectivity index (χ4v) is 8.57. The molecule has 0 saturated heterocycles. The predicted molar refractivity (Wildman–Crippen MR) is 209 cm³/mol. The monoisotopic (exact) mass is 753 g/mol. The topological polar surface area (TPSA) is 110 Å². The van der Waals surface area contributed by atoms with Gasteiger partial charge in [-0.25, -0.2) is 4.90 Å². The van der Waals surface area contributed by atoms with Crippen molar-refractivity contribution < 1.29 is 38.4 Å². The Morgan fingerprint density at radius 3 is 2.11 bits per heavy atom. The van der Waals surface area contributed by atoms with E-state index in [9.17, 15) is 14.7 Å². The number of phenols is 1. The molecule has 0 fully saturated rings. The third kappa shape index (κ3) is 6.17. The first-order chi connectivity index (χ1) is 27.2. The number of rotatable bonds is 5. The van der Waals surface area contributed by atoms with Gasteiger partial charge in [0.25, 0.3) is 11.8 Å². The zero-order valence-electron chi connectivity index (χ0n) is 31.8. The first kappa shape index (κ1) is 35.6. The number of hydrogen-bond acceptors (Lipinski definition) is 10. The molecule has 5 heterocycles. The SMILES string of the molecule is COc1cc2c3c(c1OC)Oc1cc4c(cc1O)CCN(C)C4Cc1ccc(cc1)Oc1cc(ccc1OCN1C(=O)c4ccccc4C1=O)CC3N(C)CC2. The molecule has 10 rings (SSSR count). The molecule has 5 aliphatic heterocycles. The third-order valence-corrected chi connectivity index (χ3v) is 11.7. The summed E-state index contributed by atoms with van der Waals surface area (Å²) in [5.74, 6) is 2.61. The highest BCUT2D eigenvalue weighted by Gasteiger charge is 2.37. The van der Waals surface area contributed by atoms with Crippen LogP contribution in [0.5, 0.6) is 46.0 Å². The predicted octanol–water partition coefficient (Wildman–Crippen LogP) is 7.48. The molecular weight excluding hydrogens is 711 g/mol. The van der Waals surface area contributed by atoms with Crippen molar-refractivity contribution in [2.75, 3.05) is 48.1 Å². The van der Waals surface area contributed by atoms with Gasteiger partial charge < -0.3 is 28.8 Å². The molecule has 56 heavy (non-hydrogen) atoms. The molecule has 5 aliphatic rings. The summed E-state index contributed by atoms with van der Waals surface area (Å²) in [5, 5.41) is 11.5. The maximum Gasteiger partial charge on any atom is 0.264 e. The van der Waals surface area contributed by atoms with Gasteiger partial charge in [-0.15, -0.1) is 0 Å². The van der Waals surface area contributed by atoms with Crippen LogP contribution in [0.2, 0.25) is 0 Å². The largest absolute Gasteiger partial charge is 0.504 e. The third-order valence-electron chi connectivity index (χ3n) is 11.7. The normalized spacial score (nSPS) is 19.0. The minimum absolute atomic E-state index is 0.0335. The first-order valence-corrected chi connectivity index (χ1v) is 18.9. The highest BCUT2D eigenvalue weighted by Crippen LogP contribution is 2.52. The van der Waals surface area contributed by atoms with E-state index in [2.05, 4.69) is 36.0 Å². The number of hydrogen-bond donors (Lipinski definition) is 1. The lowest BCUT2D eigenvalue weighted by Gasteiger charge is -2.37. The highest BCUT2D eigenvalue weighted by atomic mass is 16.5. The lowest BCUT2D eigenvalue weighted by molar-refractivity contribution is 0.0519. The van der Waals surface area contributed by atoms with Crippen LogP contribution in [0.15, 0.2) is 84.9 Å². The molecule has 286 valence electrons. The van der Waals surface area contributed by atoms with Gasteiger partial charge in [-0.3, -0.25) is 19.4 Å². The van der Waals surface area contributed by atoms with Gasteiger partial charge in [0.1, 0.15) is 5.75 Å². The second-order valence-electron chi connectivity index (χ2n) is 14.9. The van der Waals surface area contributed by atoms with Gasteiger partial charge >= 0.3 is 0 Å². The quantitative estimate of drug-likeness (QED) is 0.182. The van der Waals surface area contributed by atoms with Crippen LogP contribution in [0, 0.1) is 0 Å². The lowest BCUT2D eigenvalue weighted by atomic mass is 9.87. The number of fused-ring (bicyclic) bond motifs is 3. The van der Waals surface area contributed by atoms with E-state index in [1.165, 1.54) is 0 Å². The van der Waals surface area contributed by atoms with E-state index < -0.39 is 11.8 Å². The second kappa shape index (κ2) is 14.2. The van der Waals surface area contributed by atoms with E-state index in [0.717, 1.165) is 70.6 Å². The number of phenolic OH excluding ortho intramolecular Hbond substituents is 1. The average Bonchev–Trinajstić information content (AvgIpc) is 3.45. The van der Waals surface area contributed by atoms with E-state index in [1.54, 1.807) is 38.5 Å². The summed E-state index contributed by atoms with van der Waals surface area (Å²) in [7, 11) is 7.44. The Kier molecular flexibility index (Phi) is 9.06. The van der Waals surface area contributed by atoms with Crippen LogP contribution in [-0.2, 0) is 25.7 Å². The Bertz CT molecular complexity index is 2340. The van der Waals surface area contributed by atoms with E-state index in [0.29, 0.717) is 57.8 Å². The average molecular weight is 754 g/mol. The number of benzene rings is 5. The van der Waals surface area contributed by atoms with Crippen molar-refractivity contribution in [3.05, 3.63) is 129 Å². The molecule has 0 aromatic heterocycles. The Labute approximate surface area is 325 Å². The summed E-state index contributed by atoms with van der Waals surface area (Å²) in [4.78, 5) is 32.1. The molecule has 0 aliphatic carbocycles. The number of ether oxygens (including phenoxy) is 5. The first-order valence-electron chi connectivity index (χ1n) is 18.9. The van der Waals surface area contributed by atoms with Gasteiger partial charge in [0.15, 0.2) is 41.2 Å². The van der Waals surface area contributed by atoms with Crippen molar-refractivity contribution in [1.82, 2.24) is 14.7 Å². The van der Waals surface area contributed by atoms with Crippen molar-refractivity contribution in [1.29, 1.82) is 0 Å². The minimum Gasteiger partial charge on any atom is -0.504 e. The molecule has 0 spiro atoms. The van der Waals surface area contributed by atoms with Gasteiger partial charge in [0.05, 0.1) is 25.3 Å². The summed E-state index contributed by atoms with van der Waals surface area (Å²) in [6.45, 7) is 1.37. The summed E-state index contributed by atoms with van der Waals surface area (Å²) in [5.41, 5.74) is 7.01. The summed E-state index contributed by atoms with van der Waals surface area (Å²) in [6.07, 6.45) is 2.86. The minimum atomic E-state index is -0.396. The number of nitrogens with zero attached hydrogens (tertiary/aromatic N) is 3. The molecule has 0 radical (unpaired) electrons. The van der Waals surface area contributed by atoms with Crippen molar-refractivity contribution in [2.45, 2.75) is 37.8 Å². The Hall–Kier alpha value is -6.04. The number of imide groups is 1. The summed E-state index contributed by atoms with van der Waals surface area (Å²) >= 11 is 0. The number of aromatic hydroxyl groups is 1. The van der Waals surface area contributed by atoms with E-state index in [-0.39, 0.29) is 24.6 Å². The molecule has 6 bridgehead atoms. The van der Waals surface area contributed by atoms with Crippen LogP contribution in [-0.4, -0.2) is 79.8 Å². The molecular formula is C45H43N3O8. The van der Waals surface area contributed by atoms with Crippen LogP contribution in [0.3, 0.4) is 0 Å². The highest BCUT2D eigenvalue weighted by molar-refractivity contribution is 6.21. The number of amides is 2. The van der Waals surface area contributed by atoms with Gasteiger partial charge in [-0.05, 0) is 122 Å². The van der Waals surface area contributed by atoms with Crippen LogP contribution >= 0.6 is 0 Å². The van der Waals surface area contributed by atoms with Crippen LogP contribution in [0.4, 0.5) is 0 Å². The molecule has 11 nitrogen and oxygen atoms in total. The fraction of sp³-hybridized carbons (Fsp3) is 0.289. The summed E-state index contributed by atoms with van der Waals surface area (Å²) in [6, 6.07) is 26.3. The Morgan fingerprint density at radius 1 is 0.714 bits per heavy atom. The van der Waals surface area contributed by atoms with Crippen LogP contribution in [0.1, 0.15) is 66.2 Å². The maximum absolute atomic E-state index is 13.2. The maximum atomic E-state index is 13.2. The zero-order valence-corrected chi connectivity index (χ0v) is 31.8. The lowest BCUT2D eigenvalue weighted by Crippen LogP contribution is -2.34. The molecule has 11 heteroatoms. The van der Waals surface area contributed by atoms with Crippen molar-refractivity contribution in [3.63, 3.8) is 0 Å². The van der Waals surface area contributed by atoms with Crippen LogP contribution < -0.4 is 23.7 Å². The van der Waals surface area contributed by atoms with Crippen molar-refractivity contribution in [2.24, 2.45) is 0 Å². The van der Waals surface area contributed by atoms with Crippen molar-refractivity contribution in [3.8, 4) is 46.0 Å². The molecule has 5 aromatic rings. The van der Waals surface area contributed by atoms with E-state index in [1.807, 2.05) is 48.5 Å². The second-order valence-corrected chi connectivity index (χ2v) is 14.9. The van der Waals surface area contributed by atoms with E-state index in [4.69, 9.17) is 23.7 Å². The van der Waals surface area contributed by atoms with Gasteiger partial charge in [-0.2, -0.15) is 0 Å². The van der Waals surface area contributed by atoms with Crippen molar-refractivity contribution >= 4 is 11.8 Å². The van der Waals surface area contributed by atoms with E-state index >= 15 is 0 Å². The standard InChI is InChI=1S/C45H43N3O8/c1-46-17-15-28-22-36(49)38-24-33(28)34(46)19-26-9-12-30(13-10-26)55-39-21-27(11-14-37(39)54-25-48-44(50)31-7-5-6-8-32(31)45(48)51)20-35-41-29(16-18-47(35)2)23-40(52-3)42(53-4)43(41)56-38/h5-14,21-24,34-35,49H,15-20,25H2,1-4H3. The molecule has 2 unspecified atom stereocenters. The molecule has 2 amide bonds. The summed E-state index contributed by atoms with van der Waals surface area (Å²) < 4.78 is 31.5.